The van der Waals surface area contributed by atoms with Crippen molar-refractivity contribution in [3.8, 4) is 11.5 Å². The van der Waals surface area contributed by atoms with Crippen molar-refractivity contribution in [2.24, 2.45) is 5.41 Å². The summed E-state index contributed by atoms with van der Waals surface area (Å²) in [5.41, 5.74) is 2.21. The minimum atomic E-state index is -0.535. The number of nitrogens with zero attached hydrogens (tertiary/aromatic N) is 1. The van der Waals surface area contributed by atoms with Gasteiger partial charge >= 0.3 is 0 Å². The van der Waals surface area contributed by atoms with E-state index in [2.05, 4.69) is 17.1 Å². The van der Waals surface area contributed by atoms with Crippen molar-refractivity contribution < 1.29 is 14.6 Å². The van der Waals surface area contributed by atoms with Gasteiger partial charge in [-0.3, -0.25) is 4.90 Å². The second-order valence-corrected chi connectivity index (χ2v) is 6.79. The molecule has 3 rings (SSSR count). The molecule has 0 aliphatic carbocycles. The molecule has 1 fully saturated rings. The van der Waals surface area contributed by atoms with E-state index in [1.54, 1.807) is 14.2 Å². The first-order valence-corrected chi connectivity index (χ1v) is 7.91. The van der Waals surface area contributed by atoms with E-state index < -0.39 is 6.10 Å². The summed E-state index contributed by atoms with van der Waals surface area (Å²) in [4.78, 5) is 2.34. The summed E-state index contributed by atoms with van der Waals surface area (Å²) < 4.78 is 10.9. The molecule has 1 aromatic rings. The van der Waals surface area contributed by atoms with Gasteiger partial charge in [-0.05, 0) is 30.5 Å². The van der Waals surface area contributed by atoms with Crippen LogP contribution in [-0.2, 0) is 6.54 Å². The van der Waals surface area contributed by atoms with Crippen LogP contribution in [0.5, 0.6) is 11.5 Å². The van der Waals surface area contributed by atoms with Gasteiger partial charge in [0.2, 0.25) is 0 Å². The van der Waals surface area contributed by atoms with Crippen LogP contribution in [0.3, 0.4) is 0 Å². The summed E-state index contributed by atoms with van der Waals surface area (Å²) in [7, 11) is 3.32. The first-order chi connectivity index (χ1) is 10.6. The van der Waals surface area contributed by atoms with Gasteiger partial charge < -0.3 is 19.9 Å². The molecule has 2 N–H and O–H groups in total. The fourth-order valence-electron chi connectivity index (χ4n) is 3.81. The topological polar surface area (TPSA) is 54.0 Å². The molecule has 2 unspecified atom stereocenters. The lowest BCUT2D eigenvalue weighted by Gasteiger charge is -2.38. The third-order valence-electron chi connectivity index (χ3n) is 4.92. The Balaban J connectivity index is 1.87. The number of β-amino-alcohol motifs (C(OH)–C–C–N with tert-alkyl or cyclic N) is 1. The van der Waals surface area contributed by atoms with Crippen molar-refractivity contribution in [3.63, 3.8) is 0 Å². The van der Waals surface area contributed by atoms with Gasteiger partial charge in [-0.15, -0.1) is 0 Å². The molecule has 0 aromatic heterocycles. The largest absolute Gasteiger partial charge is 0.496 e. The Labute approximate surface area is 132 Å². The number of methoxy groups -OCH3 is 2. The van der Waals surface area contributed by atoms with E-state index >= 15 is 0 Å². The molecule has 1 aromatic carbocycles. The maximum absolute atomic E-state index is 10.6. The SMILES string of the molecule is COc1ccc(OC)c2c1CN(CC1(C)CCNC1)CC2O. The van der Waals surface area contributed by atoms with Crippen LogP contribution in [0.15, 0.2) is 12.1 Å². The summed E-state index contributed by atoms with van der Waals surface area (Å²) in [6.07, 6.45) is 0.647. The molecule has 1 saturated heterocycles. The quantitative estimate of drug-likeness (QED) is 0.884. The molecule has 22 heavy (non-hydrogen) atoms. The zero-order valence-corrected chi connectivity index (χ0v) is 13.7. The average molecular weight is 306 g/mol. The Bertz CT molecular complexity index is 541. The van der Waals surface area contributed by atoms with Crippen LogP contribution in [0.2, 0.25) is 0 Å². The Hall–Kier alpha value is -1.30. The number of hydrogen-bond acceptors (Lipinski definition) is 5. The van der Waals surface area contributed by atoms with E-state index in [0.29, 0.717) is 6.54 Å². The minimum Gasteiger partial charge on any atom is -0.496 e. The zero-order valence-electron chi connectivity index (χ0n) is 13.7. The number of hydrogen-bond donors (Lipinski definition) is 2. The van der Waals surface area contributed by atoms with Gasteiger partial charge in [0, 0.05) is 37.3 Å². The monoisotopic (exact) mass is 306 g/mol. The van der Waals surface area contributed by atoms with Crippen molar-refractivity contribution in [2.75, 3.05) is 40.4 Å². The first-order valence-electron chi connectivity index (χ1n) is 7.91. The van der Waals surface area contributed by atoms with Crippen molar-refractivity contribution in [1.82, 2.24) is 10.2 Å². The fourth-order valence-corrected chi connectivity index (χ4v) is 3.81. The molecule has 2 aliphatic heterocycles. The molecular formula is C17H26N2O3. The highest BCUT2D eigenvalue weighted by Crippen LogP contribution is 2.40. The van der Waals surface area contributed by atoms with Crippen molar-refractivity contribution >= 4 is 0 Å². The highest BCUT2D eigenvalue weighted by Gasteiger charge is 2.35. The third-order valence-corrected chi connectivity index (χ3v) is 4.92. The fraction of sp³-hybridized carbons (Fsp3) is 0.647. The van der Waals surface area contributed by atoms with Crippen LogP contribution in [0.25, 0.3) is 0 Å². The summed E-state index contributed by atoms with van der Waals surface area (Å²) in [5, 5.41) is 14.1. The molecule has 0 bridgehead atoms. The van der Waals surface area contributed by atoms with Crippen LogP contribution in [0.1, 0.15) is 30.6 Å². The molecular weight excluding hydrogens is 280 g/mol. The lowest BCUT2D eigenvalue weighted by Crippen LogP contribution is -2.41. The van der Waals surface area contributed by atoms with Gasteiger partial charge in [0.1, 0.15) is 11.5 Å². The molecule has 5 heteroatoms. The number of aliphatic hydroxyl groups is 1. The Morgan fingerprint density at radius 1 is 1.32 bits per heavy atom. The third kappa shape index (κ3) is 2.81. The molecule has 0 amide bonds. The maximum atomic E-state index is 10.6. The lowest BCUT2D eigenvalue weighted by atomic mass is 9.87. The van der Waals surface area contributed by atoms with Crippen LogP contribution >= 0.6 is 0 Å². The lowest BCUT2D eigenvalue weighted by molar-refractivity contribution is 0.0651. The van der Waals surface area contributed by atoms with Gasteiger partial charge in [0.05, 0.1) is 20.3 Å². The number of rotatable bonds is 4. The van der Waals surface area contributed by atoms with E-state index in [9.17, 15) is 5.11 Å². The second kappa shape index (κ2) is 6.07. The molecule has 122 valence electrons. The normalized spacial score (nSPS) is 28.5. The molecule has 0 saturated carbocycles. The Morgan fingerprint density at radius 2 is 2.05 bits per heavy atom. The van der Waals surface area contributed by atoms with Crippen LogP contribution in [0, 0.1) is 5.41 Å². The first kappa shape index (κ1) is 15.6. The van der Waals surface area contributed by atoms with Crippen LogP contribution in [0.4, 0.5) is 0 Å². The highest BCUT2D eigenvalue weighted by atomic mass is 16.5. The van der Waals surface area contributed by atoms with Gasteiger partial charge in [-0.25, -0.2) is 0 Å². The molecule has 2 atom stereocenters. The Kier molecular flexibility index (Phi) is 4.30. The van der Waals surface area contributed by atoms with E-state index in [0.717, 1.165) is 48.8 Å². The number of fused-ring (bicyclic) bond motifs is 1. The summed E-state index contributed by atoms with van der Waals surface area (Å²) in [5.74, 6) is 1.57. The van der Waals surface area contributed by atoms with Crippen LogP contribution < -0.4 is 14.8 Å². The molecule has 2 aliphatic rings. The number of benzene rings is 1. The van der Waals surface area contributed by atoms with E-state index in [-0.39, 0.29) is 5.41 Å². The van der Waals surface area contributed by atoms with Gasteiger partial charge in [-0.2, -0.15) is 0 Å². The summed E-state index contributed by atoms with van der Waals surface area (Å²) in [6, 6.07) is 3.80. The average Bonchev–Trinajstić information content (AvgIpc) is 2.92. The minimum absolute atomic E-state index is 0.281. The smallest absolute Gasteiger partial charge is 0.125 e. The summed E-state index contributed by atoms with van der Waals surface area (Å²) >= 11 is 0. The number of nitrogens with one attached hydrogen (secondary N) is 1. The van der Waals surface area contributed by atoms with Gasteiger partial charge in [0.15, 0.2) is 0 Å². The zero-order chi connectivity index (χ0) is 15.7. The second-order valence-electron chi connectivity index (χ2n) is 6.79. The summed E-state index contributed by atoms with van der Waals surface area (Å²) in [6.45, 7) is 6.87. The van der Waals surface area contributed by atoms with E-state index in [1.165, 1.54) is 6.42 Å². The van der Waals surface area contributed by atoms with Gasteiger partial charge in [-0.1, -0.05) is 6.92 Å². The van der Waals surface area contributed by atoms with Crippen molar-refractivity contribution in [3.05, 3.63) is 23.3 Å². The Morgan fingerprint density at radius 3 is 2.68 bits per heavy atom. The van der Waals surface area contributed by atoms with Crippen molar-refractivity contribution in [2.45, 2.75) is 26.0 Å². The molecule has 0 radical (unpaired) electrons. The predicted molar refractivity (Wildman–Crippen MR) is 85.4 cm³/mol. The standard InChI is InChI=1S/C17H26N2O3/c1-17(6-7-18-10-17)11-19-8-12-14(21-2)4-5-15(22-3)16(12)13(20)9-19/h4-5,13,18,20H,6-11H2,1-3H3. The number of ether oxygens (including phenoxy) is 2. The van der Waals surface area contributed by atoms with Gasteiger partial charge in [0.25, 0.3) is 0 Å². The van der Waals surface area contributed by atoms with E-state index in [1.807, 2.05) is 12.1 Å². The maximum Gasteiger partial charge on any atom is 0.125 e. The number of aliphatic hydroxyl groups excluding tert-OH is 1. The highest BCUT2D eigenvalue weighted by molar-refractivity contribution is 5.51. The molecule has 0 spiro atoms. The van der Waals surface area contributed by atoms with E-state index in [4.69, 9.17) is 9.47 Å². The van der Waals surface area contributed by atoms with Crippen LogP contribution in [-0.4, -0.2) is 50.4 Å². The molecule has 5 nitrogen and oxygen atoms in total. The van der Waals surface area contributed by atoms with Crippen molar-refractivity contribution in [1.29, 1.82) is 0 Å². The predicted octanol–water partition coefficient (Wildman–Crippen LogP) is 1.55. The molecule has 2 heterocycles.